The number of hydrogen-bond acceptors (Lipinski definition) is 2. The molecule has 2 rings (SSSR count). The number of likely N-dealkylation sites (N-methyl/N-ethyl adjacent to an activating group) is 1. The smallest absolute Gasteiger partial charge is 0.244 e. The standard InChI is InChI=1S/C17H26N2O/c1-13-9-8-10-14(2)19(13)17(20)16(18(3)4)15-11-6-5-7-12-15/h5-7,11-14,16H,8-10H2,1-4H3. The first-order valence-electron chi connectivity index (χ1n) is 7.56. The number of benzene rings is 1. The van der Waals surface area contributed by atoms with Crippen LogP contribution in [0.1, 0.15) is 44.7 Å². The molecule has 0 bridgehead atoms. The fraction of sp³-hybridized carbons (Fsp3) is 0.588. The molecule has 1 saturated heterocycles. The maximum Gasteiger partial charge on any atom is 0.244 e. The highest BCUT2D eigenvalue weighted by molar-refractivity contribution is 5.84. The molecule has 1 heterocycles. The minimum atomic E-state index is -0.181. The van der Waals surface area contributed by atoms with Crippen molar-refractivity contribution in [2.24, 2.45) is 0 Å². The van der Waals surface area contributed by atoms with Crippen LogP contribution in [0.2, 0.25) is 0 Å². The van der Waals surface area contributed by atoms with Gasteiger partial charge < -0.3 is 4.90 Å². The van der Waals surface area contributed by atoms with E-state index in [0.717, 1.165) is 18.4 Å². The first-order chi connectivity index (χ1) is 9.52. The SMILES string of the molecule is CC1CCCC(C)N1C(=O)C(c1ccccc1)N(C)C. The lowest BCUT2D eigenvalue weighted by Gasteiger charge is -2.42. The van der Waals surface area contributed by atoms with Gasteiger partial charge in [-0.05, 0) is 52.8 Å². The molecular formula is C17H26N2O. The van der Waals surface area contributed by atoms with Crippen LogP contribution >= 0.6 is 0 Å². The van der Waals surface area contributed by atoms with Gasteiger partial charge in [0.25, 0.3) is 0 Å². The van der Waals surface area contributed by atoms with E-state index in [1.807, 2.05) is 49.3 Å². The Kier molecular flexibility index (Phi) is 4.81. The van der Waals surface area contributed by atoms with E-state index in [1.165, 1.54) is 6.42 Å². The van der Waals surface area contributed by atoms with E-state index < -0.39 is 0 Å². The second kappa shape index (κ2) is 6.40. The van der Waals surface area contributed by atoms with Crippen molar-refractivity contribution in [1.29, 1.82) is 0 Å². The summed E-state index contributed by atoms with van der Waals surface area (Å²) in [6.45, 7) is 4.34. The van der Waals surface area contributed by atoms with Crippen molar-refractivity contribution in [1.82, 2.24) is 9.80 Å². The van der Waals surface area contributed by atoms with E-state index >= 15 is 0 Å². The second-order valence-corrected chi connectivity index (χ2v) is 6.15. The number of carbonyl (C=O) groups is 1. The van der Waals surface area contributed by atoms with E-state index in [2.05, 4.69) is 18.7 Å². The molecule has 1 aromatic rings. The van der Waals surface area contributed by atoms with Gasteiger partial charge in [0, 0.05) is 12.1 Å². The average Bonchev–Trinajstić information content (AvgIpc) is 2.39. The summed E-state index contributed by atoms with van der Waals surface area (Å²) in [4.78, 5) is 17.2. The summed E-state index contributed by atoms with van der Waals surface area (Å²) in [6.07, 6.45) is 3.46. The molecule has 3 nitrogen and oxygen atoms in total. The lowest BCUT2D eigenvalue weighted by Crippen LogP contribution is -2.51. The summed E-state index contributed by atoms with van der Waals surface area (Å²) >= 11 is 0. The Hall–Kier alpha value is -1.35. The van der Waals surface area contributed by atoms with Gasteiger partial charge in [-0.15, -0.1) is 0 Å². The fourth-order valence-electron chi connectivity index (χ4n) is 3.29. The highest BCUT2D eigenvalue weighted by Gasteiger charge is 2.34. The molecule has 20 heavy (non-hydrogen) atoms. The molecular weight excluding hydrogens is 248 g/mol. The van der Waals surface area contributed by atoms with Crippen molar-refractivity contribution >= 4 is 5.91 Å². The predicted molar refractivity (Wildman–Crippen MR) is 82.5 cm³/mol. The molecule has 1 aliphatic rings. The van der Waals surface area contributed by atoms with Crippen LogP contribution in [0.4, 0.5) is 0 Å². The van der Waals surface area contributed by atoms with Crippen LogP contribution in [0.3, 0.4) is 0 Å². The highest BCUT2D eigenvalue weighted by atomic mass is 16.2. The third kappa shape index (κ3) is 3.04. The van der Waals surface area contributed by atoms with Gasteiger partial charge in [0.1, 0.15) is 6.04 Å². The van der Waals surface area contributed by atoms with Crippen molar-refractivity contribution in [2.45, 2.75) is 51.2 Å². The van der Waals surface area contributed by atoms with Gasteiger partial charge in [0.05, 0.1) is 0 Å². The Morgan fingerprint density at radius 3 is 2.20 bits per heavy atom. The summed E-state index contributed by atoms with van der Waals surface area (Å²) in [6, 6.07) is 10.6. The minimum Gasteiger partial charge on any atom is -0.336 e. The number of piperidine rings is 1. The predicted octanol–water partition coefficient (Wildman–Crippen LogP) is 3.08. The van der Waals surface area contributed by atoms with Gasteiger partial charge in [-0.1, -0.05) is 30.3 Å². The Morgan fingerprint density at radius 1 is 1.15 bits per heavy atom. The van der Waals surface area contributed by atoms with Crippen molar-refractivity contribution in [3.05, 3.63) is 35.9 Å². The number of nitrogens with zero attached hydrogens (tertiary/aromatic N) is 2. The molecule has 1 aliphatic heterocycles. The molecule has 1 fully saturated rings. The van der Waals surface area contributed by atoms with Crippen molar-refractivity contribution in [3.8, 4) is 0 Å². The maximum absolute atomic E-state index is 13.0. The van der Waals surface area contributed by atoms with Gasteiger partial charge in [-0.2, -0.15) is 0 Å². The fourth-order valence-corrected chi connectivity index (χ4v) is 3.29. The number of hydrogen-bond donors (Lipinski definition) is 0. The zero-order valence-corrected chi connectivity index (χ0v) is 13.0. The van der Waals surface area contributed by atoms with Crippen molar-refractivity contribution in [2.75, 3.05) is 14.1 Å². The minimum absolute atomic E-state index is 0.181. The quantitative estimate of drug-likeness (QED) is 0.845. The van der Waals surface area contributed by atoms with Crippen LogP contribution in [0.25, 0.3) is 0 Å². The first-order valence-corrected chi connectivity index (χ1v) is 7.56. The molecule has 110 valence electrons. The van der Waals surface area contributed by atoms with E-state index in [9.17, 15) is 4.79 Å². The normalized spacial score (nSPS) is 24.8. The van der Waals surface area contributed by atoms with Crippen LogP contribution in [0.15, 0.2) is 30.3 Å². The molecule has 0 aromatic heterocycles. The molecule has 3 unspecified atom stereocenters. The molecule has 0 N–H and O–H groups in total. The number of carbonyl (C=O) groups excluding carboxylic acids is 1. The topological polar surface area (TPSA) is 23.6 Å². The largest absolute Gasteiger partial charge is 0.336 e. The van der Waals surface area contributed by atoms with Crippen molar-refractivity contribution < 1.29 is 4.79 Å². The van der Waals surface area contributed by atoms with Gasteiger partial charge in [0.15, 0.2) is 0 Å². The Bertz CT molecular complexity index is 434. The van der Waals surface area contributed by atoms with E-state index in [1.54, 1.807) is 0 Å². The molecule has 3 atom stereocenters. The highest BCUT2D eigenvalue weighted by Crippen LogP contribution is 2.28. The van der Waals surface area contributed by atoms with Gasteiger partial charge >= 0.3 is 0 Å². The molecule has 0 radical (unpaired) electrons. The van der Waals surface area contributed by atoms with E-state index in [0.29, 0.717) is 12.1 Å². The Morgan fingerprint density at radius 2 is 1.70 bits per heavy atom. The zero-order valence-electron chi connectivity index (χ0n) is 13.0. The third-order valence-electron chi connectivity index (χ3n) is 4.31. The van der Waals surface area contributed by atoms with Gasteiger partial charge in [0.2, 0.25) is 5.91 Å². The molecule has 3 heteroatoms. The molecule has 1 amide bonds. The summed E-state index contributed by atoms with van der Waals surface area (Å²) < 4.78 is 0. The monoisotopic (exact) mass is 274 g/mol. The molecule has 0 spiro atoms. The maximum atomic E-state index is 13.0. The summed E-state index contributed by atoms with van der Waals surface area (Å²) in [5, 5.41) is 0. The lowest BCUT2D eigenvalue weighted by molar-refractivity contribution is -0.142. The molecule has 0 saturated carbocycles. The Labute approximate surface area is 122 Å². The lowest BCUT2D eigenvalue weighted by atomic mass is 9.95. The van der Waals surface area contributed by atoms with Crippen molar-refractivity contribution in [3.63, 3.8) is 0 Å². The van der Waals surface area contributed by atoms with Crippen LogP contribution in [-0.2, 0) is 4.79 Å². The summed E-state index contributed by atoms with van der Waals surface area (Å²) in [7, 11) is 3.96. The van der Waals surface area contributed by atoms with E-state index in [-0.39, 0.29) is 11.9 Å². The van der Waals surface area contributed by atoms with Crippen LogP contribution in [-0.4, -0.2) is 41.9 Å². The molecule has 0 aliphatic carbocycles. The average molecular weight is 274 g/mol. The Balaban J connectivity index is 2.27. The van der Waals surface area contributed by atoms with Crippen LogP contribution in [0, 0.1) is 0 Å². The first kappa shape index (κ1) is 15.0. The summed E-state index contributed by atoms with van der Waals surface area (Å²) in [5.74, 6) is 0.237. The number of likely N-dealkylation sites (tertiary alicyclic amines) is 1. The number of rotatable bonds is 3. The second-order valence-electron chi connectivity index (χ2n) is 6.15. The van der Waals surface area contributed by atoms with Gasteiger partial charge in [-0.25, -0.2) is 0 Å². The zero-order chi connectivity index (χ0) is 14.7. The summed E-state index contributed by atoms with van der Waals surface area (Å²) in [5.41, 5.74) is 1.08. The number of amides is 1. The van der Waals surface area contributed by atoms with E-state index in [4.69, 9.17) is 0 Å². The van der Waals surface area contributed by atoms with Crippen LogP contribution < -0.4 is 0 Å². The van der Waals surface area contributed by atoms with Gasteiger partial charge in [-0.3, -0.25) is 9.69 Å². The molecule has 1 aromatic carbocycles. The van der Waals surface area contributed by atoms with Crippen LogP contribution in [0.5, 0.6) is 0 Å². The third-order valence-corrected chi connectivity index (χ3v) is 4.31.